The Balaban J connectivity index is -0.0000000655. The van der Waals surface area contributed by atoms with Crippen LogP contribution < -0.4 is 14.7 Å². The quantitative estimate of drug-likeness (QED) is 0.198. The average molecular weight is 431 g/mol. The van der Waals surface area contributed by atoms with Crippen LogP contribution in [0.5, 0.6) is 0 Å². The zero-order valence-corrected chi connectivity index (χ0v) is 12.8. The van der Waals surface area contributed by atoms with E-state index in [1.54, 1.807) is 0 Å². The Hall–Kier alpha value is 1.71. The normalized spacial score (nSPS) is 11.1. The van der Waals surface area contributed by atoms with Crippen LogP contribution in [0.2, 0.25) is 0 Å². The first-order valence-corrected chi connectivity index (χ1v) is 6.89. The third-order valence-electron chi connectivity index (χ3n) is 0. The van der Waals surface area contributed by atoms with Crippen LogP contribution in [0.4, 0.5) is 0 Å². The molecule has 0 heterocycles. The van der Waals surface area contributed by atoms with Crippen molar-refractivity contribution >= 4 is 23.5 Å². The first kappa shape index (κ1) is 26.3. The molecular formula is H6CeO12P3. The van der Waals surface area contributed by atoms with Crippen molar-refractivity contribution in [3.05, 3.63) is 0 Å². The van der Waals surface area contributed by atoms with Gasteiger partial charge in [-0.2, -0.15) is 0 Å². The number of phosphoric acid groups is 3. The van der Waals surface area contributed by atoms with E-state index in [9.17, 15) is 0 Å². The molecule has 0 rings (SSSR count). The molecule has 0 aliphatic heterocycles. The van der Waals surface area contributed by atoms with Gasteiger partial charge in [-0.05, 0) is 0 Å². The third-order valence-corrected chi connectivity index (χ3v) is 0. The number of hydrogen-bond acceptors (Lipinski definition) is 6. The monoisotopic (exact) mass is 431 g/mol. The summed E-state index contributed by atoms with van der Waals surface area (Å²) in [6.45, 7) is 0. The molecule has 0 bridgehead atoms. The molecule has 0 amide bonds. The molecule has 0 unspecified atom stereocenters. The van der Waals surface area contributed by atoms with Crippen LogP contribution >= 0.6 is 23.5 Å². The van der Waals surface area contributed by atoms with Crippen molar-refractivity contribution in [2.45, 2.75) is 0 Å². The fraction of sp³-hybridized carbons (Fsp3) is 0. The smallest absolute Gasteiger partial charge is 0.756 e. The maximum absolute atomic E-state index is 8.77. The van der Waals surface area contributed by atoms with Crippen LogP contribution in [0.3, 0.4) is 0 Å². The molecule has 0 aromatic carbocycles. The van der Waals surface area contributed by atoms with Crippen LogP contribution in [-0.2, 0) is 13.7 Å². The van der Waals surface area contributed by atoms with Gasteiger partial charge in [-0.3, -0.25) is 13.7 Å². The standard InChI is InChI=1S/Ce.3H3O4P/c;3*1-5(2,3)4/h;3*(H3,1,2,3,4)/q+3;;;/p-3. The van der Waals surface area contributed by atoms with Crippen molar-refractivity contribution in [1.29, 1.82) is 0 Å². The zero-order chi connectivity index (χ0) is 13.5. The van der Waals surface area contributed by atoms with E-state index in [1.807, 2.05) is 0 Å². The molecule has 0 aliphatic rings. The van der Waals surface area contributed by atoms with Gasteiger partial charge < -0.3 is 44.0 Å². The van der Waals surface area contributed by atoms with E-state index in [4.69, 9.17) is 57.7 Å². The van der Waals surface area contributed by atoms with E-state index >= 15 is 0 Å². The van der Waals surface area contributed by atoms with E-state index in [1.165, 1.54) is 0 Å². The van der Waals surface area contributed by atoms with E-state index < -0.39 is 23.5 Å². The van der Waals surface area contributed by atoms with Crippen molar-refractivity contribution < 1.29 is 99.5 Å². The van der Waals surface area contributed by atoms with Gasteiger partial charge in [0.1, 0.15) is 0 Å². The van der Waals surface area contributed by atoms with Gasteiger partial charge in [-0.25, -0.2) is 0 Å². The molecule has 0 aromatic heterocycles. The Labute approximate surface area is 122 Å². The maximum Gasteiger partial charge on any atom is 3.00 e. The molecule has 0 saturated heterocycles. The summed E-state index contributed by atoms with van der Waals surface area (Å²) in [6, 6.07) is 0. The van der Waals surface area contributed by atoms with Crippen LogP contribution in [-0.4, -0.2) is 29.4 Å². The van der Waals surface area contributed by atoms with Gasteiger partial charge in [0.05, 0.1) is 0 Å². The van der Waals surface area contributed by atoms with Gasteiger partial charge >= 0.3 is 41.7 Å². The molecule has 0 aromatic rings. The molecule has 0 atom stereocenters. The Kier molecular flexibility index (Phi) is 17.4. The largest absolute Gasteiger partial charge is 3.00 e. The molecule has 6 N–H and O–H groups in total. The van der Waals surface area contributed by atoms with E-state index in [-0.39, 0.29) is 41.7 Å². The van der Waals surface area contributed by atoms with E-state index in [0.717, 1.165) is 0 Å². The summed E-state index contributed by atoms with van der Waals surface area (Å²) in [7, 11) is -14.7. The summed E-state index contributed by atoms with van der Waals surface area (Å²) in [5.41, 5.74) is 0. The minimum absolute atomic E-state index is 0. The van der Waals surface area contributed by atoms with Crippen LogP contribution in [0.1, 0.15) is 0 Å². The Bertz CT molecular complexity index is 202. The summed E-state index contributed by atoms with van der Waals surface area (Å²) < 4.78 is 26.3. The molecule has 0 aliphatic carbocycles. The first-order chi connectivity index (χ1) is 6.00. The Morgan fingerprint density at radius 2 is 0.562 bits per heavy atom. The van der Waals surface area contributed by atoms with Crippen LogP contribution in [0, 0.1) is 41.7 Å². The fourth-order valence-corrected chi connectivity index (χ4v) is 0. The predicted octanol–water partition coefficient (Wildman–Crippen LogP) is -4.68. The molecule has 16 heteroatoms. The predicted molar refractivity (Wildman–Crippen MR) is 36.1 cm³/mol. The number of rotatable bonds is 0. The topological polar surface area (TPSA) is 242 Å². The molecule has 0 fully saturated rings. The molecule has 0 spiro atoms. The summed E-state index contributed by atoms with van der Waals surface area (Å²) in [4.78, 5) is 68.8. The Morgan fingerprint density at radius 3 is 0.562 bits per heavy atom. The van der Waals surface area contributed by atoms with Crippen molar-refractivity contribution in [3.8, 4) is 0 Å². The van der Waals surface area contributed by atoms with Gasteiger partial charge in [0, 0.05) is 0 Å². The van der Waals surface area contributed by atoms with Crippen molar-refractivity contribution in [1.82, 2.24) is 0 Å². The molecule has 12 nitrogen and oxygen atoms in total. The van der Waals surface area contributed by atoms with Crippen LogP contribution in [0.15, 0.2) is 0 Å². The second kappa shape index (κ2) is 10.6. The zero-order valence-electron chi connectivity index (χ0n) is 6.97. The SMILES string of the molecule is O=P([O-])(O)O.O=P([O-])(O)O.O=P([O-])(O)O.[Ce+3]. The molecular weight excluding hydrogens is 425 g/mol. The second-order valence-electron chi connectivity index (χ2n) is 1.47. The van der Waals surface area contributed by atoms with E-state index in [0.29, 0.717) is 0 Å². The first-order valence-electron chi connectivity index (χ1n) is 2.30. The summed E-state index contributed by atoms with van der Waals surface area (Å²) in [5.74, 6) is 0. The molecule has 1 radical (unpaired) electrons. The minimum atomic E-state index is -4.89. The Morgan fingerprint density at radius 1 is 0.562 bits per heavy atom. The van der Waals surface area contributed by atoms with Crippen molar-refractivity contribution in [3.63, 3.8) is 0 Å². The second-order valence-corrected chi connectivity index (χ2v) is 4.42. The molecule has 97 valence electrons. The van der Waals surface area contributed by atoms with Gasteiger partial charge in [0.2, 0.25) is 0 Å². The van der Waals surface area contributed by atoms with Crippen molar-refractivity contribution in [2.24, 2.45) is 0 Å². The maximum atomic E-state index is 8.77. The van der Waals surface area contributed by atoms with Gasteiger partial charge in [-0.1, -0.05) is 0 Å². The third kappa shape index (κ3) is 1170. The van der Waals surface area contributed by atoms with Crippen LogP contribution in [0.25, 0.3) is 0 Å². The number of hydrogen-bond donors (Lipinski definition) is 6. The van der Waals surface area contributed by atoms with Gasteiger partial charge in [-0.15, -0.1) is 0 Å². The van der Waals surface area contributed by atoms with Gasteiger partial charge in [0.25, 0.3) is 23.5 Å². The fourth-order valence-electron chi connectivity index (χ4n) is 0. The summed E-state index contributed by atoms with van der Waals surface area (Å²) >= 11 is 0. The minimum Gasteiger partial charge on any atom is -0.756 e. The van der Waals surface area contributed by atoms with Crippen molar-refractivity contribution in [2.75, 3.05) is 0 Å². The molecule has 16 heavy (non-hydrogen) atoms. The van der Waals surface area contributed by atoms with Gasteiger partial charge in [0.15, 0.2) is 0 Å². The molecule has 0 saturated carbocycles. The average Bonchev–Trinajstić information content (AvgIpc) is 1.41. The summed E-state index contributed by atoms with van der Waals surface area (Å²) in [6.07, 6.45) is 0. The summed E-state index contributed by atoms with van der Waals surface area (Å²) in [5, 5.41) is 0. The van der Waals surface area contributed by atoms with E-state index in [2.05, 4.69) is 0 Å².